The second-order valence-corrected chi connectivity index (χ2v) is 15.1. The van der Waals surface area contributed by atoms with Crippen LogP contribution in [0.4, 0.5) is 0 Å². The lowest BCUT2D eigenvalue weighted by molar-refractivity contribution is -0.139. The molecule has 1 saturated heterocycles. The van der Waals surface area contributed by atoms with Crippen molar-refractivity contribution >= 4 is 35.4 Å². The van der Waals surface area contributed by atoms with Gasteiger partial charge in [-0.1, -0.05) is 69.9 Å². The van der Waals surface area contributed by atoms with E-state index in [-0.39, 0.29) is 24.7 Å². The zero-order valence-corrected chi connectivity index (χ0v) is 33.2. The summed E-state index contributed by atoms with van der Waals surface area (Å²) in [7, 11) is 0. The molecular formula is C40H62N8O8. The second-order valence-electron chi connectivity index (χ2n) is 15.1. The van der Waals surface area contributed by atoms with Crippen LogP contribution in [0.15, 0.2) is 42.9 Å². The van der Waals surface area contributed by atoms with Crippen LogP contribution in [0.5, 0.6) is 0 Å². The SMILES string of the molecule is CC(=O)N1CCC[C@H]1C(=O)N[C@@H](CC(C)C)C(=O)N[C@@H](Cc1cncn1CCCCCCCCc1ccccc1)C(=O)N[C@@H](CO)C(=O)N[C@H](C(N)=O)[C@@H](C)O. The Kier molecular flexibility index (Phi) is 18.9. The number of nitrogens with one attached hydrogen (secondary N) is 4. The summed E-state index contributed by atoms with van der Waals surface area (Å²) in [6.45, 7) is 6.61. The van der Waals surface area contributed by atoms with Crippen LogP contribution in [0.25, 0.3) is 0 Å². The third-order valence-electron chi connectivity index (χ3n) is 10.0. The van der Waals surface area contributed by atoms with Crippen LogP contribution in [0.3, 0.4) is 0 Å². The van der Waals surface area contributed by atoms with E-state index >= 15 is 0 Å². The predicted molar refractivity (Wildman–Crippen MR) is 209 cm³/mol. The van der Waals surface area contributed by atoms with Crippen molar-refractivity contribution < 1.29 is 39.0 Å². The quantitative estimate of drug-likeness (QED) is 0.0747. The highest BCUT2D eigenvalue weighted by Crippen LogP contribution is 2.19. The Labute approximate surface area is 329 Å². The number of imidazole rings is 1. The van der Waals surface area contributed by atoms with E-state index in [0.29, 0.717) is 31.6 Å². The largest absolute Gasteiger partial charge is 0.394 e. The number of nitrogens with two attached hydrogens (primary N) is 1. The van der Waals surface area contributed by atoms with E-state index in [4.69, 9.17) is 5.73 Å². The van der Waals surface area contributed by atoms with Crippen molar-refractivity contribution in [3.05, 3.63) is 54.1 Å². The molecule has 0 aliphatic carbocycles. The number of rotatable bonds is 24. The molecule has 1 aliphatic heterocycles. The highest BCUT2D eigenvalue weighted by molar-refractivity contribution is 5.96. The number of benzene rings is 1. The van der Waals surface area contributed by atoms with Gasteiger partial charge in [-0.2, -0.15) is 0 Å². The molecule has 0 unspecified atom stereocenters. The van der Waals surface area contributed by atoms with E-state index in [1.165, 1.54) is 24.3 Å². The Balaban J connectivity index is 1.73. The van der Waals surface area contributed by atoms with E-state index in [1.807, 2.05) is 24.5 Å². The van der Waals surface area contributed by atoms with E-state index in [9.17, 15) is 39.0 Å². The van der Waals surface area contributed by atoms with Gasteiger partial charge in [-0.3, -0.25) is 28.8 Å². The molecule has 6 atom stereocenters. The summed E-state index contributed by atoms with van der Waals surface area (Å²) in [5, 5.41) is 30.2. The number of aliphatic hydroxyl groups is 2. The molecule has 0 radical (unpaired) electrons. The van der Waals surface area contributed by atoms with Gasteiger partial charge in [0.2, 0.25) is 35.4 Å². The monoisotopic (exact) mass is 782 g/mol. The van der Waals surface area contributed by atoms with Gasteiger partial charge in [0.25, 0.3) is 0 Å². The number of carbonyl (C=O) groups excluding carboxylic acids is 6. The van der Waals surface area contributed by atoms with Gasteiger partial charge >= 0.3 is 0 Å². The maximum Gasteiger partial charge on any atom is 0.245 e. The lowest BCUT2D eigenvalue weighted by Crippen LogP contribution is -2.61. The number of aromatic nitrogens is 2. The maximum absolute atomic E-state index is 13.9. The first-order valence-corrected chi connectivity index (χ1v) is 19.8. The summed E-state index contributed by atoms with van der Waals surface area (Å²) < 4.78 is 1.90. The van der Waals surface area contributed by atoms with Gasteiger partial charge in [-0.05, 0) is 56.9 Å². The van der Waals surface area contributed by atoms with Crippen LogP contribution in [-0.4, -0.2) is 110 Å². The van der Waals surface area contributed by atoms with Gasteiger partial charge < -0.3 is 46.7 Å². The van der Waals surface area contributed by atoms with E-state index < -0.39 is 72.5 Å². The number of aliphatic hydroxyl groups excluding tert-OH is 2. The molecule has 0 bridgehead atoms. The number of primary amides is 1. The topological polar surface area (TPSA) is 238 Å². The van der Waals surface area contributed by atoms with Gasteiger partial charge in [0.1, 0.15) is 30.2 Å². The van der Waals surface area contributed by atoms with Gasteiger partial charge in [0.15, 0.2) is 0 Å². The molecule has 0 saturated carbocycles. The van der Waals surface area contributed by atoms with E-state index in [1.54, 1.807) is 12.5 Å². The zero-order chi connectivity index (χ0) is 41.2. The molecule has 16 heteroatoms. The van der Waals surface area contributed by atoms with E-state index in [0.717, 1.165) is 44.9 Å². The fourth-order valence-corrected chi connectivity index (χ4v) is 6.91. The van der Waals surface area contributed by atoms with Gasteiger partial charge in [0, 0.05) is 38.3 Å². The first-order valence-electron chi connectivity index (χ1n) is 19.8. The number of amides is 6. The predicted octanol–water partition coefficient (Wildman–Crippen LogP) is 0.864. The summed E-state index contributed by atoms with van der Waals surface area (Å²) in [6, 6.07) is 4.32. The molecule has 1 fully saturated rings. The van der Waals surface area contributed by atoms with Crippen LogP contribution < -0.4 is 27.0 Å². The molecule has 56 heavy (non-hydrogen) atoms. The van der Waals surface area contributed by atoms with Crippen molar-refractivity contribution in [1.82, 2.24) is 35.7 Å². The Bertz CT molecular complexity index is 1580. The molecule has 2 heterocycles. The van der Waals surface area contributed by atoms with Gasteiger partial charge in [-0.15, -0.1) is 0 Å². The Hall–Kier alpha value is -4.83. The Morgan fingerprint density at radius 2 is 1.48 bits per heavy atom. The van der Waals surface area contributed by atoms with Crippen molar-refractivity contribution in [3.8, 4) is 0 Å². The maximum atomic E-state index is 13.9. The van der Waals surface area contributed by atoms with Crippen molar-refractivity contribution in [2.75, 3.05) is 13.2 Å². The first kappa shape index (κ1) is 45.6. The highest BCUT2D eigenvalue weighted by atomic mass is 16.3. The molecule has 3 rings (SSSR count). The van der Waals surface area contributed by atoms with E-state index in [2.05, 4.69) is 50.5 Å². The molecule has 1 aromatic carbocycles. The molecule has 8 N–H and O–H groups in total. The summed E-state index contributed by atoms with van der Waals surface area (Å²) in [6.07, 6.45) is 10.6. The van der Waals surface area contributed by atoms with Gasteiger partial charge in [0.05, 0.1) is 19.0 Å². The molecule has 2 aromatic rings. The Morgan fingerprint density at radius 1 is 0.857 bits per heavy atom. The number of nitrogens with zero attached hydrogens (tertiary/aromatic N) is 3. The summed E-state index contributed by atoms with van der Waals surface area (Å²) in [5.74, 6) is -4.20. The lowest BCUT2D eigenvalue weighted by Gasteiger charge is -2.28. The summed E-state index contributed by atoms with van der Waals surface area (Å²) in [5.41, 5.74) is 7.28. The van der Waals surface area contributed by atoms with Crippen molar-refractivity contribution in [2.24, 2.45) is 11.7 Å². The highest BCUT2D eigenvalue weighted by Gasteiger charge is 2.36. The molecule has 0 spiro atoms. The molecule has 310 valence electrons. The van der Waals surface area contributed by atoms with Crippen molar-refractivity contribution in [1.29, 1.82) is 0 Å². The number of hydrogen-bond donors (Lipinski definition) is 7. The number of likely N-dealkylation sites (tertiary alicyclic amines) is 1. The zero-order valence-electron chi connectivity index (χ0n) is 33.2. The van der Waals surface area contributed by atoms with Crippen molar-refractivity contribution in [2.45, 2.75) is 141 Å². The average molecular weight is 783 g/mol. The normalized spacial score (nSPS) is 16.7. The second kappa shape index (κ2) is 23.3. The van der Waals surface area contributed by atoms with Crippen LogP contribution in [0.2, 0.25) is 0 Å². The number of carbonyl (C=O) groups is 6. The Morgan fingerprint density at radius 3 is 2.11 bits per heavy atom. The molecule has 1 aromatic heterocycles. The third kappa shape index (κ3) is 14.7. The van der Waals surface area contributed by atoms with Crippen LogP contribution in [0, 0.1) is 5.92 Å². The third-order valence-corrected chi connectivity index (χ3v) is 10.0. The minimum atomic E-state index is -1.56. The molecule has 1 aliphatic rings. The number of aryl methyl sites for hydroxylation is 2. The summed E-state index contributed by atoms with van der Waals surface area (Å²) in [4.78, 5) is 83.9. The minimum Gasteiger partial charge on any atom is -0.394 e. The summed E-state index contributed by atoms with van der Waals surface area (Å²) >= 11 is 0. The standard InChI is InChI=1S/C40H62N8O8/c1-26(2)21-31(44-40(56)34-18-14-20-48(34)28(4)51)37(53)43-32(38(54)45-33(24-49)39(55)46-35(27(3)50)36(41)52)22-30-23-42-25-47(30)19-13-8-6-5-7-10-15-29-16-11-9-12-17-29/h9,11-12,16-17,23,25-27,31-35,49-50H,5-8,10,13-15,18-22,24H2,1-4H3,(H2,41,52)(H,43,53)(H,44,56)(H,45,54)(H,46,55)/t27-,31+,32+,33+,34+,35+/m1/s1. The molecule has 16 nitrogen and oxygen atoms in total. The van der Waals surface area contributed by atoms with Crippen molar-refractivity contribution in [3.63, 3.8) is 0 Å². The fourth-order valence-electron chi connectivity index (χ4n) is 6.91. The number of unbranched alkanes of at least 4 members (excludes halogenated alkanes) is 5. The molecule has 6 amide bonds. The van der Waals surface area contributed by atoms with Crippen LogP contribution >= 0.6 is 0 Å². The smallest absolute Gasteiger partial charge is 0.245 e. The van der Waals surface area contributed by atoms with Gasteiger partial charge in [-0.25, -0.2) is 4.98 Å². The fraction of sp³-hybridized carbons (Fsp3) is 0.625. The average Bonchev–Trinajstić information content (AvgIpc) is 3.83. The molecular weight excluding hydrogens is 720 g/mol. The van der Waals surface area contributed by atoms with Crippen LogP contribution in [-0.2, 0) is 48.2 Å². The minimum absolute atomic E-state index is 0.0364. The van der Waals surface area contributed by atoms with Crippen LogP contribution in [0.1, 0.15) is 96.7 Å². The number of hydrogen-bond acceptors (Lipinski definition) is 9. The lowest BCUT2D eigenvalue weighted by atomic mass is 10.0. The first-order chi connectivity index (χ1) is 26.7.